The molecule has 0 amide bonds. The van der Waals surface area contributed by atoms with E-state index in [9.17, 15) is 31.1 Å². The van der Waals surface area contributed by atoms with Gasteiger partial charge in [0.1, 0.15) is 0 Å². The number of aldehydes is 1. The number of hydrogen-bond acceptors (Lipinski definition) is 1. The van der Waals surface area contributed by atoms with E-state index in [0.29, 0.717) is 0 Å². The Balaban J connectivity index is 3.51. The van der Waals surface area contributed by atoms with Gasteiger partial charge in [0.15, 0.2) is 6.29 Å². The third-order valence-electron chi connectivity index (χ3n) is 1.88. The third kappa shape index (κ3) is 2.91. The first-order chi connectivity index (χ1) is 7.57. The molecule has 0 fully saturated rings. The molecule has 0 bridgehead atoms. The summed E-state index contributed by atoms with van der Waals surface area (Å²) in [5, 5.41) is -1.10. The van der Waals surface area contributed by atoms with Gasteiger partial charge in [-0.15, -0.1) is 0 Å². The standard InChI is InChI=1S/C9H3ClF6O/c10-7-2-5(8(11,12)13)4(3-17)1-6(7)9(14,15)16/h1-3H. The second-order valence-electron chi connectivity index (χ2n) is 3.03. The maximum atomic E-state index is 12.3. The van der Waals surface area contributed by atoms with Crippen LogP contribution in [0.3, 0.4) is 0 Å². The van der Waals surface area contributed by atoms with Crippen LogP contribution < -0.4 is 0 Å². The van der Waals surface area contributed by atoms with E-state index in [1.165, 1.54) is 0 Å². The average molecular weight is 277 g/mol. The monoisotopic (exact) mass is 276 g/mol. The normalized spacial score (nSPS) is 12.6. The van der Waals surface area contributed by atoms with E-state index in [1.807, 2.05) is 0 Å². The molecule has 0 radical (unpaired) electrons. The second-order valence-corrected chi connectivity index (χ2v) is 3.44. The van der Waals surface area contributed by atoms with Crippen LogP contribution in [0.1, 0.15) is 21.5 Å². The molecule has 0 atom stereocenters. The van der Waals surface area contributed by atoms with Gasteiger partial charge in [-0.1, -0.05) is 11.6 Å². The minimum Gasteiger partial charge on any atom is -0.298 e. The van der Waals surface area contributed by atoms with Crippen molar-refractivity contribution in [2.45, 2.75) is 12.4 Å². The average Bonchev–Trinajstić information content (AvgIpc) is 2.14. The molecule has 0 aromatic heterocycles. The van der Waals surface area contributed by atoms with Crippen LogP contribution in [0.4, 0.5) is 26.3 Å². The molecule has 0 heterocycles. The largest absolute Gasteiger partial charge is 0.417 e. The Morgan fingerprint density at radius 1 is 0.941 bits per heavy atom. The molecule has 0 aliphatic heterocycles. The van der Waals surface area contributed by atoms with E-state index in [1.54, 1.807) is 0 Å². The van der Waals surface area contributed by atoms with Crippen molar-refractivity contribution in [1.82, 2.24) is 0 Å². The predicted octanol–water partition coefficient (Wildman–Crippen LogP) is 4.19. The first kappa shape index (κ1) is 13.8. The molecule has 1 rings (SSSR count). The molecule has 94 valence electrons. The van der Waals surface area contributed by atoms with Crippen LogP contribution >= 0.6 is 11.6 Å². The highest BCUT2D eigenvalue weighted by Crippen LogP contribution is 2.40. The summed E-state index contributed by atoms with van der Waals surface area (Å²) in [6.45, 7) is 0. The number of halogens is 7. The lowest BCUT2D eigenvalue weighted by Gasteiger charge is -2.14. The summed E-state index contributed by atoms with van der Waals surface area (Å²) < 4.78 is 74.0. The lowest BCUT2D eigenvalue weighted by atomic mass is 10.0. The van der Waals surface area contributed by atoms with Crippen molar-refractivity contribution in [2.75, 3.05) is 0 Å². The number of benzene rings is 1. The lowest BCUT2D eigenvalue weighted by Crippen LogP contribution is -2.13. The molecule has 0 spiro atoms. The van der Waals surface area contributed by atoms with Crippen molar-refractivity contribution in [2.24, 2.45) is 0 Å². The van der Waals surface area contributed by atoms with Gasteiger partial charge in [0, 0.05) is 5.56 Å². The van der Waals surface area contributed by atoms with E-state index in [-0.39, 0.29) is 18.4 Å². The van der Waals surface area contributed by atoms with Crippen LogP contribution in [-0.2, 0) is 12.4 Å². The van der Waals surface area contributed by atoms with E-state index >= 15 is 0 Å². The molecule has 8 heteroatoms. The summed E-state index contributed by atoms with van der Waals surface area (Å²) in [4.78, 5) is 10.4. The summed E-state index contributed by atoms with van der Waals surface area (Å²) >= 11 is 5.11. The molecule has 0 aliphatic rings. The summed E-state index contributed by atoms with van der Waals surface area (Å²) in [5.74, 6) is 0. The van der Waals surface area contributed by atoms with E-state index in [0.717, 1.165) is 0 Å². The van der Waals surface area contributed by atoms with Gasteiger partial charge >= 0.3 is 12.4 Å². The van der Waals surface area contributed by atoms with Gasteiger partial charge < -0.3 is 0 Å². The highest BCUT2D eigenvalue weighted by atomic mass is 35.5. The van der Waals surface area contributed by atoms with Crippen LogP contribution in [0.5, 0.6) is 0 Å². The zero-order valence-electron chi connectivity index (χ0n) is 7.79. The number of carbonyl (C=O) groups excluding carboxylic acids is 1. The smallest absolute Gasteiger partial charge is 0.298 e. The third-order valence-corrected chi connectivity index (χ3v) is 2.19. The maximum absolute atomic E-state index is 12.3. The molecule has 1 aromatic rings. The Kier molecular flexibility index (Phi) is 3.42. The summed E-state index contributed by atoms with van der Waals surface area (Å²) in [7, 11) is 0. The summed E-state index contributed by atoms with van der Waals surface area (Å²) in [6, 6.07) is 0.173. The Morgan fingerprint density at radius 3 is 1.76 bits per heavy atom. The Bertz CT molecular complexity index is 448. The fraction of sp³-hybridized carbons (Fsp3) is 0.222. The van der Waals surface area contributed by atoms with Gasteiger partial charge in [0.2, 0.25) is 0 Å². The van der Waals surface area contributed by atoms with E-state index in [4.69, 9.17) is 11.6 Å². The van der Waals surface area contributed by atoms with Gasteiger partial charge in [-0.25, -0.2) is 0 Å². The minimum absolute atomic E-state index is 0.0815. The van der Waals surface area contributed by atoms with Crippen molar-refractivity contribution in [1.29, 1.82) is 0 Å². The number of alkyl halides is 6. The van der Waals surface area contributed by atoms with Crippen LogP contribution in [-0.4, -0.2) is 6.29 Å². The SMILES string of the molecule is O=Cc1cc(C(F)(F)F)c(Cl)cc1C(F)(F)F. The lowest BCUT2D eigenvalue weighted by molar-refractivity contribution is -0.141. The molecule has 1 aromatic carbocycles. The fourth-order valence-electron chi connectivity index (χ4n) is 1.15. The topological polar surface area (TPSA) is 17.1 Å². The van der Waals surface area contributed by atoms with Gasteiger partial charge in [-0.05, 0) is 12.1 Å². The van der Waals surface area contributed by atoms with E-state index < -0.39 is 34.1 Å². The van der Waals surface area contributed by atoms with Crippen molar-refractivity contribution in [3.8, 4) is 0 Å². The molecule has 0 saturated heterocycles. The van der Waals surface area contributed by atoms with Gasteiger partial charge in [0.05, 0.1) is 16.1 Å². The minimum atomic E-state index is -4.94. The number of rotatable bonds is 1. The summed E-state index contributed by atoms with van der Waals surface area (Å²) in [5.41, 5.74) is -4.08. The first-order valence-electron chi connectivity index (χ1n) is 4.00. The Hall–Kier alpha value is -1.24. The number of carbonyl (C=O) groups is 1. The molecule has 17 heavy (non-hydrogen) atoms. The highest BCUT2D eigenvalue weighted by molar-refractivity contribution is 6.31. The molecule has 0 aliphatic carbocycles. The van der Waals surface area contributed by atoms with Gasteiger partial charge in [-0.2, -0.15) is 26.3 Å². The predicted molar refractivity (Wildman–Crippen MR) is 46.8 cm³/mol. The highest BCUT2D eigenvalue weighted by Gasteiger charge is 2.39. The second kappa shape index (κ2) is 4.21. The Morgan fingerprint density at radius 2 is 1.41 bits per heavy atom. The zero-order chi connectivity index (χ0) is 13.4. The molecular formula is C9H3ClF6O. The Labute approximate surface area is 96.0 Å². The van der Waals surface area contributed by atoms with Crippen molar-refractivity contribution in [3.05, 3.63) is 33.8 Å². The first-order valence-corrected chi connectivity index (χ1v) is 4.38. The van der Waals surface area contributed by atoms with Gasteiger partial charge in [0.25, 0.3) is 0 Å². The molecule has 0 unspecified atom stereocenters. The van der Waals surface area contributed by atoms with Crippen LogP contribution in [0.25, 0.3) is 0 Å². The van der Waals surface area contributed by atoms with Crippen LogP contribution in [0, 0.1) is 0 Å². The molecular weight excluding hydrogens is 274 g/mol. The quantitative estimate of drug-likeness (QED) is 0.555. The van der Waals surface area contributed by atoms with E-state index in [2.05, 4.69) is 0 Å². The van der Waals surface area contributed by atoms with Crippen LogP contribution in [0.2, 0.25) is 5.02 Å². The number of hydrogen-bond donors (Lipinski definition) is 0. The fourth-order valence-corrected chi connectivity index (χ4v) is 1.42. The maximum Gasteiger partial charge on any atom is 0.417 e. The zero-order valence-corrected chi connectivity index (χ0v) is 8.54. The van der Waals surface area contributed by atoms with Crippen molar-refractivity contribution in [3.63, 3.8) is 0 Å². The van der Waals surface area contributed by atoms with Gasteiger partial charge in [-0.3, -0.25) is 4.79 Å². The molecule has 1 nitrogen and oxygen atoms in total. The molecule has 0 N–H and O–H groups in total. The molecule has 0 saturated carbocycles. The van der Waals surface area contributed by atoms with Crippen LogP contribution in [0.15, 0.2) is 12.1 Å². The summed E-state index contributed by atoms with van der Waals surface area (Å²) in [6.07, 6.45) is -10.2. The van der Waals surface area contributed by atoms with Crippen molar-refractivity contribution >= 4 is 17.9 Å². The van der Waals surface area contributed by atoms with Crippen molar-refractivity contribution < 1.29 is 31.1 Å².